The van der Waals surface area contributed by atoms with Crippen molar-refractivity contribution >= 4 is 5.96 Å². The van der Waals surface area contributed by atoms with Gasteiger partial charge < -0.3 is 15.4 Å². The van der Waals surface area contributed by atoms with Gasteiger partial charge in [0, 0.05) is 13.6 Å². The van der Waals surface area contributed by atoms with Crippen molar-refractivity contribution in [3.05, 3.63) is 29.8 Å². The smallest absolute Gasteiger partial charge is 0.191 e. The Morgan fingerprint density at radius 3 is 2.94 bits per heavy atom. The minimum absolute atomic E-state index is 0.461. The first kappa shape index (κ1) is 11.8. The summed E-state index contributed by atoms with van der Waals surface area (Å²) >= 11 is 0. The number of nitrogens with two attached hydrogens (primary N) is 1. The van der Waals surface area contributed by atoms with E-state index in [1.54, 1.807) is 7.11 Å². The Bertz CT molecular complexity index is 413. The highest BCUT2D eigenvalue weighted by Crippen LogP contribution is 2.23. The van der Waals surface area contributed by atoms with Crippen LogP contribution in [0.25, 0.3) is 0 Å². The summed E-state index contributed by atoms with van der Waals surface area (Å²) in [5.74, 6) is 1.49. The van der Waals surface area contributed by atoms with Crippen LogP contribution in [-0.2, 0) is 6.54 Å². The number of benzene rings is 1. The zero-order valence-electron chi connectivity index (χ0n) is 10.4. The zero-order chi connectivity index (χ0) is 12.3. The molecule has 0 unspecified atom stereocenters. The molecule has 92 valence electrons. The number of guanidine groups is 1. The lowest BCUT2D eigenvalue weighted by molar-refractivity contribution is 0.412. The Morgan fingerprint density at radius 1 is 1.53 bits per heavy atom. The van der Waals surface area contributed by atoms with E-state index in [1.807, 2.05) is 30.1 Å². The van der Waals surface area contributed by atoms with Gasteiger partial charge in [-0.15, -0.1) is 0 Å². The number of nitrogens with zero attached hydrogens (tertiary/aromatic N) is 2. The first-order valence-electron chi connectivity index (χ1n) is 5.86. The molecule has 0 saturated heterocycles. The molecular weight excluding hydrogens is 214 g/mol. The molecule has 4 heteroatoms. The Balaban J connectivity index is 1.98. The first-order chi connectivity index (χ1) is 8.19. The predicted octanol–water partition coefficient (Wildman–Crippen LogP) is 1.60. The second kappa shape index (κ2) is 5.08. The molecule has 2 rings (SSSR count). The molecule has 0 aliphatic heterocycles. The van der Waals surface area contributed by atoms with Gasteiger partial charge in [0.25, 0.3) is 0 Å². The van der Waals surface area contributed by atoms with Crippen molar-refractivity contribution in [2.75, 3.05) is 14.2 Å². The summed E-state index contributed by atoms with van der Waals surface area (Å²) < 4.78 is 5.19. The molecule has 1 aromatic rings. The van der Waals surface area contributed by atoms with E-state index in [9.17, 15) is 0 Å². The third-order valence-electron chi connectivity index (χ3n) is 2.81. The summed E-state index contributed by atoms with van der Waals surface area (Å²) in [6.45, 7) is 0.749. The third-order valence-corrected chi connectivity index (χ3v) is 2.81. The Hall–Kier alpha value is -1.71. The number of rotatable bonds is 4. The maximum absolute atomic E-state index is 5.92. The van der Waals surface area contributed by atoms with Gasteiger partial charge in [-0.1, -0.05) is 12.1 Å². The molecule has 1 fully saturated rings. The average molecular weight is 233 g/mol. The molecule has 17 heavy (non-hydrogen) atoms. The van der Waals surface area contributed by atoms with Gasteiger partial charge in [-0.25, -0.2) is 4.99 Å². The fourth-order valence-corrected chi connectivity index (χ4v) is 1.61. The standard InChI is InChI=1S/C13H19N3O/c1-16(13(14)15-11-6-7-11)9-10-4-3-5-12(8-10)17-2/h3-5,8,11H,6-7,9H2,1-2H3,(H2,14,15). The molecule has 1 aliphatic carbocycles. The van der Waals surface area contributed by atoms with Crippen molar-refractivity contribution in [2.45, 2.75) is 25.4 Å². The lowest BCUT2D eigenvalue weighted by Gasteiger charge is -2.18. The molecule has 0 spiro atoms. The highest BCUT2D eigenvalue weighted by Gasteiger charge is 2.21. The maximum Gasteiger partial charge on any atom is 0.191 e. The van der Waals surface area contributed by atoms with Crippen LogP contribution in [0.5, 0.6) is 5.75 Å². The van der Waals surface area contributed by atoms with E-state index >= 15 is 0 Å². The van der Waals surface area contributed by atoms with Crippen LogP contribution in [-0.4, -0.2) is 31.1 Å². The van der Waals surface area contributed by atoms with Gasteiger partial charge in [-0.2, -0.15) is 0 Å². The highest BCUT2D eigenvalue weighted by molar-refractivity contribution is 5.78. The summed E-state index contributed by atoms with van der Waals surface area (Å²) in [4.78, 5) is 6.38. The Kier molecular flexibility index (Phi) is 3.52. The number of ether oxygens (including phenoxy) is 1. The molecule has 4 nitrogen and oxygen atoms in total. The summed E-state index contributed by atoms with van der Waals surface area (Å²) in [6.07, 6.45) is 2.35. The molecule has 0 aromatic heterocycles. The summed E-state index contributed by atoms with van der Waals surface area (Å²) in [7, 11) is 3.63. The molecule has 1 aliphatic rings. The van der Waals surface area contributed by atoms with Gasteiger partial charge in [0.1, 0.15) is 5.75 Å². The first-order valence-corrected chi connectivity index (χ1v) is 5.86. The number of hydrogen-bond donors (Lipinski definition) is 1. The van der Waals surface area contributed by atoms with Crippen LogP contribution < -0.4 is 10.5 Å². The van der Waals surface area contributed by atoms with Crippen LogP contribution in [0.15, 0.2) is 29.3 Å². The lowest BCUT2D eigenvalue weighted by Crippen LogP contribution is -2.33. The summed E-state index contributed by atoms with van der Waals surface area (Å²) in [6, 6.07) is 8.45. The Morgan fingerprint density at radius 2 is 2.29 bits per heavy atom. The monoisotopic (exact) mass is 233 g/mol. The minimum Gasteiger partial charge on any atom is -0.497 e. The summed E-state index contributed by atoms with van der Waals surface area (Å²) in [5.41, 5.74) is 7.09. The van der Waals surface area contributed by atoms with E-state index in [-0.39, 0.29) is 0 Å². The molecule has 0 amide bonds. The van der Waals surface area contributed by atoms with Crippen molar-refractivity contribution < 1.29 is 4.74 Å². The topological polar surface area (TPSA) is 50.9 Å². The fraction of sp³-hybridized carbons (Fsp3) is 0.462. The molecule has 0 bridgehead atoms. The molecule has 0 atom stereocenters. The predicted molar refractivity (Wildman–Crippen MR) is 69.1 cm³/mol. The molecule has 1 saturated carbocycles. The molecule has 0 heterocycles. The van der Waals surface area contributed by atoms with Crippen molar-refractivity contribution in [3.63, 3.8) is 0 Å². The van der Waals surface area contributed by atoms with Crippen LogP contribution in [0.2, 0.25) is 0 Å². The van der Waals surface area contributed by atoms with Crippen LogP contribution >= 0.6 is 0 Å². The largest absolute Gasteiger partial charge is 0.497 e. The van der Waals surface area contributed by atoms with Gasteiger partial charge >= 0.3 is 0 Å². The van der Waals surface area contributed by atoms with Crippen molar-refractivity contribution in [3.8, 4) is 5.75 Å². The highest BCUT2D eigenvalue weighted by atomic mass is 16.5. The quantitative estimate of drug-likeness (QED) is 0.635. The minimum atomic E-state index is 0.461. The molecule has 2 N–H and O–H groups in total. The van der Waals surface area contributed by atoms with E-state index < -0.39 is 0 Å². The fourth-order valence-electron chi connectivity index (χ4n) is 1.61. The average Bonchev–Trinajstić information content (AvgIpc) is 3.13. The van der Waals surface area contributed by atoms with Gasteiger partial charge in [0.2, 0.25) is 0 Å². The van der Waals surface area contributed by atoms with E-state index in [0.717, 1.165) is 12.3 Å². The van der Waals surface area contributed by atoms with Crippen molar-refractivity contribution in [2.24, 2.45) is 10.7 Å². The van der Waals surface area contributed by atoms with Crippen LogP contribution in [0.1, 0.15) is 18.4 Å². The van der Waals surface area contributed by atoms with Gasteiger partial charge in [0.15, 0.2) is 5.96 Å². The zero-order valence-corrected chi connectivity index (χ0v) is 10.4. The molecule has 1 aromatic carbocycles. The second-order valence-electron chi connectivity index (χ2n) is 4.43. The van der Waals surface area contributed by atoms with Crippen molar-refractivity contribution in [1.29, 1.82) is 0 Å². The number of aliphatic imine (C=N–C) groups is 1. The Labute approximate surface area is 102 Å². The second-order valence-corrected chi connectivity index (χ2v) is 4.43. The van der Waals surface area contributed by atoms with Crippen LogP contribution in [0.4, 0.5) is 0 Å². The third kappa shape index (κ3) is 3.37. The number of methoxy groups -OCH3 is 1. The number of hydrogen-bond acceptors (Lipinski definition) is 2. The van der Waals surface area contributed by atoms with Gasteiger partial charge in [-0.3, -0.25) is 0 Å². The van der Waals surface area contributed by atoms with E-state index in [1.165, 1.54) is 18.4 Å². The van der Waals surface area contributed by atoms with Crippen LogP contribution in [0, 0.1) is 0 Å². The molecule has 0 radical (unpaired) electrons. The van der Waals surface area contributed by atoms with Crippen LogP contribution in [0.3, 0.4) is 0 Å². The van der Waals surface area contributed by atoms with Gasteiger partial charge in [-0.05, 0) is 30.5 Å². The maximum atomic E-state index is 5.92. The van der Waals surface area contributed by atoms with E-state index in [2.05, 4.69) is 11.1 Å². The summed E-state index contributed by atoms with van der Waals surface area (Å²) in [5, 5.41) is 0. The van der Waals surface area contributed by atoms with E-state index in [4.69, 9.17) is 10.5 Å². The normalized spacial score (nSPS) is 15.8. The lowest BCUT2D eigenvalue weighted by atomic mass is 10.2. The van der Waals surface area contributed by atoms with Gasteiger partial charge in [0.05, 0.1) is 13.2 Å². The molecular formula is C13H19N3O. The van der Waals surface area contributed by atoms with Crippen molar-refractivity contribution in [1.82, 2.24) is 4.90 Å². The van der Waals surface area contributed by atoms with E-state index in [0.29, 0.717) is 12.0 Å². The SMILES string of the molecule is COc1cccc(CN(C)C(N)=NC2CC2)c1.